The Labute approximate surface area is 117 Å². The number of hydrogen-bond donors (Lipinski definition) is 1. The molecule has 0 spiro atoms. The van der Waals surface area contributed by atoms with Crippen molar-refractivity contribution in [3.63, 3.8) is 0 Å². The highest BCUT2D eigenvalue weighted by molar-refractivity contribution is 5.93. The number of ether oxygens (including phenoxy) is 1. The van der Waals surface area contributed by atoms with Crippen LogP contribution in [-0.2, 0) is 19.1 Å². The Hall–Kier alpha value is -1.63. The first-order valence-corrected chi connectivity index (χ1v) is 6.70. The average Bonchev–Trinajstić information content (AvgIpc) is 2.85. The van der Waals surface area contributed by atoms with Crippen LogP contribution >= 0.6 is 0 Å². The van der Waals surface area contributed by atoms with E-state index in [1.807, 2.05) is 0 Å². The van der Waals surface area contributed by atoms with Gasteiger partial charge in [0.15, 0.2) is 6.10 Å². The third-order valence-electron chi connectivity index (χ3n) is 4.04. The molecule has 7 heteroatoms. The maximum atomic E-state index is 12.5. The lowest BCUT2D eigenvalue weighted by molar-refractivity contribution is -0.166. The second-order valence-electron chi connectivity index (χ2n) is 5.80. The Morgan fingerprint density at radius 3 is 2.40 bits per heavy atom. The van der Waals surface area contributed by atoms with E-state index in [-0.39, 0.29) is 11.8 Å². The summed E-state index contributed by atoms with van der Waals surface area (Å²) in [5.74, 6) is -1.46. The number of carboxylic acid groups (broad SMARTS) is 1. The minimum absolute atomic E-state index is 0.120. The Balaban J connectivity index is 2.10. The Morgan fingerprint density at radius 2 is 1.85 bits per heavy atom. The summed E-state index contributed by atoms with van der Waals surface area (Å²) in [6.07, 6.45) is -0.970. The number of carbonyl (C=O) groups excluding carboxylic acids is 2. The molecule has 1 N–H and O–H groups in total. The van der Waals surface area contributed by atoms with E-state index in [2.05, 4.69) is 0 Å². The summed E-state index contributed by atoms with van der Waals surface area (Å²) in [7, 11) is 1.71. The van der Waals surface area contributed by atoms with Gasteiger partial charge in [0.2, 0.25) is 5.91 Å². The predicted molar refractivity (Wildman–Crippen MR) is 69.0 cm³/mol. The lowest BCUT2D eigenvalue weighted by Crippen LogP contribution is -2.65. The van der Waals surface area contributed by atoms with E-state index in [1.54, 1.807) is 25.8 Å². The molecule has 2 atom stereocenters. The van der Waals surface area contributed by atoms with Crippen LogP contribution < -0.4 is 0 Å². The van der Waals surface area contributed by atoms with Crippen molar-refractivity contribution < 1.29 is 24.2 Å². The van der Waals surface area contributed by atoms with Gasteiger partial charge < -0.3 is 19.6 Å². The van der Waals surface area contributed by atoms with E-state index in [0.717, 1.165) is 0 Å². The van der Waals surface area contributed by atoms with Gasteiger partial charge in [-0.1, -0.05) is 0 Å². The fraction of sp³-hybridized carbons (Fsp3) is 0.769. The summed E-state index contributed by atoms with van der Waals surface area (Å²) in [6, 6.07) is 0. The molecule has 2 rings (SSSR count). The zero-order chi connectivity index (χ0) is 15.1. The average molecular weight is 284 g/mol. The quantitative estimate of drug-likeness (QED) is 0.752. The minimum atomic E-state index is -1.05. The summed E-state index contributed by atoms with van der Waals surface area (Å²) in [5, 5.41) is 8.89. The third-order valence-corrected chi connectivity index (χ3v) is 4.04. The van der Waals surface area contributed by atoms with Gasteiger partial charge in [-0.3, -0.25) is 9.59 Å². The first kappa shape index (κ1) is 14.8. The second-order valence-corrected chi connectivity index (χ2v) is 5.80. The van der Waals surface area contributed by atoms with Crippen LogP contribution in [-0.4, -0.2) is 70.6 Å². The van der Waals surface area contributed by atoms with Crippen molar-refractivity contribution in [2.75, 3.05) is 20.1 Å². The Kier molecular flexibility index (Phi) is 3.73. The number of likely N-dealkylation sites (N-methyl/N-ethyl adjacent to an activating group) is 1. The molecule has 0 aliphatic carbocycles. The van der Waals surface area contributed by atoms with Crippen molar-refractivity contribution in [1.29, 1.82) is 0 Å². The summed E-state index contributed by atoms with van der Waals surface area (Å²) < 4.78 is 5.28. The highest BCUT2D eigenvalue weighted by Gasteiger charge is 2.46. The maximum absolute atomic E-state index is 12.5. The highest BCUT2D eigenvalue weighted by atomic mass is 16.5. The summed E-state index contributed by atoms with van der Waals surface area (Å²) in [5.41, 5.74) is -0.922. The van der Waals surface area contributed by atoms with Crippen LogP contribution in [0.1, 0.15) is 26.7 Å². The van der Waals surface area contributed by atoms with Gasteiger partial charge in [0.05, 0.1) is 0 Å². The van der Waals surface area contributed by atoms with Crippen LogP contribution in [0.25, 0.3) is 0 Å². The molecule has 2 unspecified atom stereocenters. The zero-order valence-corrected chi connectivity index (χ0v) is 12.0. The van der Waals surface area contributed by atoms with Crippen molar-refractivity contribution in [3.05, 3.63) is 0 Å². The highest BCUT2D eigenvalue weighted by Crippen LogP contribution is 2.27. The maximum Gasteiger partial charge on any atom is 0.332 e. The molecule has 112 valence electrons. The number of nitrogens with zero attached hydrogens (tertiary/aromatic N) is 2. The SMILES string of the molecule is CN1CCN(C(=O)C2CCC(C(=O)O)O2)C(C)(C)C1=O. The van der Waals surface area contributed by atoms with Crippen molar-refractivity contribution in [1.82, 2.24) is 9.80 Å². The molecule has 2 amide bonds. The molecule has 0 radical (unpaired) electrons. The van der Waals surface area contributed by atoms with Crippen LogP contribution in [0.5, 0.6) is 0 Å². The largest absolute Gasteiger partial charge is 0.479 e. The molecule has 2 heterocycles. The van der Waals surface area contributed by atoms with Gasteiger partial charge in [0, 0.05) is 20.1 Å². The Morgan fingerprint density at radius 1 is 1.25 bits per heavy atom. The van der Waals surface area contributed by atoms with E-state index < -0.39 is 23.7 Å². The number of hydrogen-bond acceptors (Lipinski definition) is 4. The van der Waals surface area contributed by atoms with Crippen LogP contribution in [0.3, 0.4) is 0 Å². The van der Waals surface area contributed by atoms with Crippen LogP contribution in [0.4, 0.5) is 0 Å². The number of amides is 2. The summed E-state index contributed by atoms with van der Waals surface area (Å²) >= 11 is 0. The number of piperazine rings is 1. The molecule has 0 aromatic carbocycles. The second kappa shape index (κ2) is 5.05. The van der Waals surface area contributed by atoms with Gasteiger partial charge in [-0.25, -0.2) is 4.79 Å². The van der Waals surface area contributed by atoms with Crippen LogP contribution in [0.2, 0.25) is 0 Å². The minimum Gasteiger partial charge on any atom is -0.479 e. The van der Waals surface area contributed by atoms with Gasteiger partial charge >= 0.3 is 5.97 Å². The van der Waals surface area contributed by atoms with Crippen molar-refractivity contribution in [2.24, 2.45) is 0 Å². The van der Waals surface area contributed by atoms with Gasteiger partial charge in [0.25, 0.3) is 5.91 Å². The standard InChI is InChI=1S/C13H20N2O5/c1-13(2)12(19)14(3)6-7-15(13)10(16)8-4-5-9(20-8)11(17)18/h8-9H,4-7H2,1-3H3,(H,17,18). The first-order valence-electron chi connectivity index (χ1n) is 6.70. The number of aliphatic carboxylic acids is 1. The normalized spacial score (nSPS) is 29.6. The van der Waals surface area contributed by atoms with Crippen molar-refractivity contribution in [3.8, 4) is 0 Å². The molecule has 0 saturated carbocycles. The Bertz CT molecular complexity index is 448. The number of rotatable bonds is 2. The number of carboxylic acids is 1. The topological polar surface area (TPSA) is 87.2 Å². The van der Waals surface area contributed by atoms with Crippen molar-refractivity contribution >= 4 is 17.8 Å². The van der Waals surface area contributed by atoms with E-state index in [4.69, 9.17) is 9.84 Å². The van der Waals surface area contributed by atoms with Crippen LogP contribution in [0.15, 0.2) is 0 Å². The molecule has 2 aliphatic heterocycles. The van der Waals surface area contributed by atoms with Gasteiger partial charge in [-0.05, 0) is 26.7 Å². The molecule has 0 aromatic rings. The first-order chi connectivity index (χ1) is 9.25. The van der Waals surface area contributed by atoms with Gasteiger partial charge in [-0.2, -0.15) is 0 Å². The molecule has 0 aromatic heterocycles. The summed E-state index contributed by atoms with van der Waals surface area (Å²) in [6.45, 7) is 4.31. The van der Waals surface area contributed by atoms with Crippen molar-refractivity contribution in [2.45, 2.75) is 44.4 Å². The van der Waals surface area contributed by atoms with Gasteiger partial charge in [0.1, 0.15) is 11.6 Å². The molecule has 20 heavy (non-hydrogen) atoms. The number of carbonyl (C=O) groups is 3. The molecular weight excluding hydrogens is 264 g/mol. The molecule has 0 bridgehead atoms. The molecular formula is C13H20N2O5. The lowest BCUT2D eigenvalue weighted by Gasteiger charge is -2.45. The predicted octanol–water partition coefficient (Wildman–Crippen LogP) is -0.302. The lowest BCUT2D eigenvalue weighted by atomic mass is 9.96. The molecule has 2 aliphatic rings. The van der Waals surface area contributed by atoms with Gasteiger partial charge in [-0.15, -0.1) is 0 Å². The van der Waals surface area contributed by atoms with E-state index in [1.165, 1.54) is 4.90 Å². The van der Waals surface area contributed by atoms with Crippen LogP contribution in [0, 0.1) is 0 Å². The molecule has 7 nitrogen and oxygen atoms in total. The van der Waals surface area contributed by atoms with E-state index in [0.29, 0.717) is 25.9 Å². The molecule has 2 fully saturated rings. The van der Waals surface area contributed by atoms with E-state index in [9.17, 15) is 14.4 Å². The smallest absolute Gasteiger partial charge is 0.332 e. The van der Waals surface area contributed by atoms with E-state index >= 15 is 0 Å². The zero-order valence-electron chi connectivity index (χ0n) is 12.0. The summed E-state index contributed by atoms with van der Waals surface area (Å²) in [4.78, 5) is 38.6. The fourth-order valence-electron chi connectivity index (χ4n) is 2.77. The fourth-order valence-corrected chi connectivity index (χ4v) is 2.77. The molecule has 2 saturated heterocycles. The third kappa shape index (κ3) is 2.37. The monoisotopic (exact) mass is 284 g/mol.